The summed E-state index contributed by atoms with van der Waals surface area (Å²) in [4.78, 5) is 35.4. The third-order valence-electron chi connectivity index (χ3n) is 3.66. The van der Waals surface area contributed by atoms with E-state index in [-0.39, 0.29) is 17.7 Å². The average Bonchev–Trinajstić information content (AvgIpc) is 2.65. The van der Waals surface area contributed by atoms with Gasteiger partial charge in [0.15, 0.2) is 6.61 Å². The Morgan fingerprint density at radius 2 is 1.85 bits per heavy atom. The van der Waals surface area contributed by atoms with Crippen molar-refractivity contribution >= 4 is 28.3 Å². The summed E-state index contributed by atoms with van der Waals surface area (Å²) in [5, 5.41) is 9.17. The van der Waals surface area contributed by atoms with Gasteiger partial charge in [-0.2, -0.15) is 5.10 Å². The zero-order valence-electron chi connectivity index (χ0n) is 13.8. The number of hydrogen-bond acceptors (Lipinski definition) is 5. The van der Waals surface area contributed by atoms with Crippen LogP contribution in [0.15, 0.2) is 47.3 Å². The minimum Gasteiger partial charge on any atom is -0.455 e. The van der Waals surface area contributed by atoms with E-state index in [2.05, 4.69) is 15.5 Å². The number of ether oxygens (including phenoxy) is 1. The molecular formula is C18H13F2N3O4. The van der Waals surface area contributed by atoms with Crippen molar-refractivity contribution in [2.75, 3.05) is 11.9 Å². The Bertz CT molecular complexity index is 1080. The van der Waals surface area contributed by atoms with Crippen molar-refractivity contribution in [3.05, 3.63) is 70.1 Å². The third-order valence-corrected chi connectivity index (χ3v) is 3.66. The van der Waals surface area contributed by atoms with Crippen LogP contribution in [0.1, 0.15) is 5.69 Å². The van der Waals surface area contributed by atoms with Crippen molar-refractivity contribution < 1.29 is 23.1 Å². The average molecular weight is 373 g/mol. The molecule has 0 radical (unpaired) electrons. The number of carbonyl (C=O) groups is 2. The van der Waals surface area contributed by atoms with Crippen LogP contribution in [0.5, 0.6) is 0 Å². The highest BCUT2D eigenvalue weighted by molar-refractivity contribution is 5.93. The van der Waals surface area contributed by atoms with Gasteiger partial charge in [-0.05, 0) is 18.2 Å². The highest BCUT2D eigenvalue weighted by Crippen LogP contribution is 2.15. The molecule has 1 aromatic heterocycles. The number of hydrogen-bond donors (Lipinski definition) is 2. The maximum atomic E-state index is 13.5. The van der Waals surface area contributed by atoms with Crippen LogP contribution in [0.25, 0.3) is 10.8 Å². The number of anilines is 1. The van der Waals surface area contributed by atoms with Crippen molar-refractivity contribution in [2.45, 2.75) is 6.42 Å². The van der Waals surface area contributed by atoms with Gasteiger partial charge in [0, 0.05) is 11.5 Å². The topological polar surface area (TPSA) is 101 Å². The number of aromatic nitrogens is 2. The zero-order valence-corrected chi connectivity index (χ0v) is 13.8. The fourth-order valence-electron chi connectivity index (χ4n) is 2.42. The summed E-state index contributed by atoms with van der Waals surface area (Å²) in [7, 11) is 0. The second-order valence-corrected chi connectivity index (χ2v) is 5.55. The molecule has 1 amide bonds. The molecular weight excluding hydrogens is 360 g/mol. The number of esters is 1. The molecule has 3 aromatic rings. The number of benzene rings is 2. The summed E-state index contributed by atoms with van der Waals surface area (Å²) in [6, 6.07) is 9.27. The first-order valence-corrected chi connectivity index (χ1v) is 7.81. The molecule has 0 bridgehead atoms. The van der Waals surface area contributed by atoms with Gasteiger partial charge in [-0.25, -0.2) is 13.9 Å². The van der Waals surface area contributed by atoms with Crippen molar-refractivity contribution in [3.63, 3.8) is 0 Å². The zero-order chi connectivity index (χ0) is 19.4. The molecule has 0 aliphatic heterocycles. The van der Waals surface area contributed by atoms with Crippen molar-refractivity contribution in [2.24, 2.45) is 0 Å². The molecule has 0 unspecified atom stereocenters. The Kier molecular flexibility index (Phi) is 5.20. The first-order valence-electron chi connectivity index (χ1n) is 7.81. The smallest absolute Gasteiger partial charge is 0.312 e. The Morgan fingerprint density at radius 1 is 1.11 bits per heavy atom. The fourth-order valence-corrected chi connectivity index (χ4v) is 2.42. The molecule has 1 heterocycles. The highest BCUT2D eigenvalue weighted by Gasteiger charge is 2.14. The van der Waals surface area contributed by atoms with Crippen LogP contribution < -0.4 is 10.9 Å². The van der Waals surface area contributed by atoms with Crippen LogP contribution in [0.3, 0.4) is 0 Å². The summed E-state index contributed by atoms with van der Waals surface area (Å²) < 4.78 is 31.2. The minimum atomic E-state index is -0.946. The molecule has 2 aromatic carbocycles. The van der Waals surface area contributed by atoms with Crippen LogP contribution in [0.2, 0.25) is 0 Å². The van der Waals surface area contributed by atoms with Crippen LogP contribution in [0.4, 0.5) is 14.5 Å². The molecule has 2 N–H and O–H groups in total. The predicted octanol–water partition coefficient (Wildman–Crippen LogP) is 1.93. The SMILES string of the molecule is O=C(COC(=O)Cc1n[nH]c(=O)c2ccccc12)Nc1ccc(F)cc1F. The van der Waals surface area contributed by atoms with Gasteiger partial charge < -0.3 is 10.1 Å². The number of fused-ring (bicyclic) bond motifs is 1. The Labute approximate surface area is 151 Å². The van der Waals surface area contributed by atoms with Gasteiger partial charge >= 0.3 is 5.97 Å². The molecule has 7 nitrogen and oxygen atoms in total. The molecule has 27 heavy (non-hydrogen) atoms. The van der Waals surface area contributed by atoms with Crippen LogP contribution >= 0.6 is 0 Å². The first kappa shape index (κ1) is 18.2. The molecule has 0 saturated heterocycles. The standard InChI is InChI=1S/C18H13F2N3O4/c19-10-5-6-14(13(20)7-10)21-16(24)9-27-17(25)8-15-11-3-1-2-4-12(11)18(26)23-22-15/h1-7H,8-9H2,(H,21,24)(H,23,26). The van der Waals surface area contributed by atoms with E-state index in [0.717, 1.165) is 12.1 Å². The summed E-state index contributed by atoms with van der Waals surface area (Å²) in [5.41, 5.74) is -0.325. The maximum Gasteiger partial charge on any atom is 0.312 e. The molecule has 0 atom stereocenters. The van der Waals surface area contributed by atoms with Gasteiger partial charge in [0.25, 0.3) is 11.5 Å². The van der Waals surface area contributed by atoms with Gasteiger partial charge in [0.05, 0.1) is 23.2 Å². The van der Waals surface area contributed by atoms with Crippen molar-refractivity contribution in [1.29, 1.82) is 0 Å². The van der Waals surface area contributed by atoms with Crippen LogP contribution in [-0.4, -0.2) is 28.7 Å². The van der Waals surface area contributed by atoms with E-state index in [1.807, 2.05) is 0 Å². The summed E-state index contributed by atoms with van der Waals surface area (Å²) >= 11 is 0. The predicted molar refractivity (Wildman–Crippen MR) is 92.0 cm³/mol. The maximum absolute atomic E-state index is 13.5. The van der Waals surface area contributed by atoms with Gasteiger partial charge in [-0.3, -0.25) is 14.4 Å². The van der Waals surface area contributed by atoms with E-state index in [1.54, 1.807) is 24.3 Å². The second kappa shape index (κ2) is 7.73. The quantitative estimate of drug-likeness (QED) is 0.666. The van der Waals surface area contributed by atoms with E-state index < -0.39 is 30.1 Å². The van der Waals surface area contributed by atoms with E-state index in [4.69, 9.17) is 4.74 Å². The minimum absolute atomic E-state index is 0.231. The first-order chi connectivity index (χ1) is 12.9. The second-order valence-electron chi connectivity index (χ2n) is 5.55. The molecule has 0 aliphatic rings. The van der Waals surface area contributed by atoms with E-state index in [9.17, 15) is 23.2 Å². The van der Waals surface area contributed by atoms with Gasteiger partial charge in [0.2, 0.25) is 0 Å². The normalized spacial score (nSPS) is 10.6. The Morgan fingerprint density at radius 3 is 2.59 bits per heavy atom. The highest BCUT2D eigenvalue weighted by atomic mass is 19.1. The molecule has 0 spiro atoms. The lowest BCUT2D eigenvalue weighted by molar-refractivity contribution is -0.146. The number of aromatic amines is 1. The van der Waals surface area contributed by atoms with Gasteiger partial charge in [0.1, 0.15) is 11.6 Å². The van der Waals surface area contributed by atoms with E-state index in [1.165, 1.54) is 0 Å². The largest absolute Gasteiger partial charge is 0.455 e. The molecule has 0 saturated carbocycles. The van der Waals surface area contributed by atoms with E-state index in [0.29, 0.717) is 22.5 Å². The molecule has 9 heteroatoms. The number of nitrogens with one attached hydrogen (secondary N) is 2. The number of amides is 1. The number of H-pyrrole nitrogens is 1. The molecule has 138 valence electrons. The molecule has 0 aliphatic carbocycles. The third kappa shape index (κ3) is 4.32. The van der Waals surface area contributed by atoms with Crippen LogP contribution in [0, 0.1) is 11.6 Å². The van der Waals surface area contributed by atoms with Gasteiger partial charge in [-0.1, -0.05) is 18.2 Å². The lowest BCUT2D eigenvalue weighted by Gasteiger charge is -2.08. The Balaban J connectivity index is 1.61. The number of carbonyl (C=O) groups excluding carboxylic acids is 2. The van der Waals surface area contributed by atoms with Crippen molar-refractivity contribution in [1.82, 2.24) is 10.2 Å². The number of halogens is 2. The monoisotopic (exact) mass is 373 g/mol. The Hall–Kier alpha value is -3.62. The van der Waals surface area contributed by atoms with Gasteiger partial charge in [-0.15, -0.1) is 0 Å². The van der Waals surface area contributed by atoms with Crippen LogP contribution in [-0.2, 0) is 20.7 Å². The fraction of sp³-hybridized carbons (Fsp3) is 0.111. The lowest BCUT2D eigenvalue weighted by Crippen LogP contribution is -2.23. The van der Waals surface area contributed by atoms with E-state index >= 15 is 0 Å². The molecule has 0 fully saturated rings. The molecule has 3 rings (SSSR count). The summed E-state index contributed by atoms with van der Waals surface area (Å²) in [6.07, 6.45) is -0.268. The lowest BCUT2D eigenvalue weighted by atomic mass is 10.1. The summed E-state index contributed by atoms with van der Waals surface area (Å²) in [5.74, 6) is -3.27. The summed E-state index contributed by atoms with van der Waals surface area (Å²) in [6.45, 7) is -0.656. The number of rotatable bonds is 5. The van der Waals surface area contributed by atoms with Crippen molar-refractivity contribution in [3.8, 4) is 0 Å². The number of nitrogens with zero attached hydrogens (tertiary/aromatic N) is 1.